The van der Waals surface area contributed by atoms with Gasteiger partial charge in [-0.05, 0) is 30.5 Å². The number of fused-ring (bicyclic) bond motifs is 1. The van der Waals surface area contributed by atoms with E-state index < -0.39 is 43.5 Å². The second kappa shape index (κ2) is 14.6. The van der Waals surface area contributed by atoms with E-state index in [0.29, 0.717) is 18.4 Å². The smallest absolute Gasteiger partial charge is 0.391 e. The molecule has 2 aromatic heterocycles. The highest BCUT2D eigenvalue weighted by Crippen LogP contribution is 2.37. The lowest BCUT2D eigenvalue weighted by Crippen LogP contribution is -2.25. The Labute approximate surface area is 246 Å². The van der Waals surface area contributed by atoms with Crippen molar-refractivity contribution in [2.45, 2.75) is 51.3 Å². The zero-order valence-corrected chi connectivity index (χ0v) is 23.3. The topological polar surface area (TPSA) is 155 Å². The number of carbonyl (C=O) groups is 2. The van der Waals surface area contributed by atoms with Gasteiger partial charge in [-0.2, -0.15) is 23.1 Å². The number of nitrogens with zero attached hydrogens (tertiary/aromatic N) is 2. The van der Waals surface area contributed by atoms with Crippen LogP contribution in [0.25, 0.3) is 11.2 Å². The van der Waals surface area contributed by atoms with Gasteiger partial charge in [0, 0.05) is 6.54 Å². The van der Waals surface area contributed by atoms with E-state index in [1.807, 2.05) is 0 Å². The number of carbonyl (C=O) groups excluding carboxylic acids is 2. The van der Waals surface area contributed by atoms with Gasteiger partial charge in [-0.15, -0.1) is 0 Å². The van der Waals surface area contributed by atoms with Gasteiger partial charge in [0.05, 0.1) is 27.2 Å². The number of ether oxygens (including phenoxy) is 1. The number of aromatic amines is 1. The number of hydrogen-bond donors (Lipinski definition) is 5. The normalized spacial score (nSPS) is 13.9. The fourth-order valence-electron chi connectivity index (χ4n) is 4.06. The molecule has 0 atom stereocenters. The van der Waals surface area contributed by atoms with Crippen molar-refractivity contribution >= 4 is 57.8 Å². The number of aliphatic hydroxyl groups is 1. The first kappa shape index (κ1) is 33.1. The number of primary amides is 1. The molecule has 0 aliphatic heterocycles. The lowest BCUT2D eigenvalue weighted by atomic mass is 9.89. The number of nitrogens with one attached hydrogen (secondary N) is 3. The number of alkyl halides is 5. The van der Waals surface area contributed by atoms with Crippen LogP contribution in [0.3, 0.4) is 0 Å². The molecule has 0 bridgehead atoms. The van der Waals surface area contributed by atoms with Crippen LogP contribution in [-0.2, 0) is 11.3 Å². The van der Waals surface area contributed by atoms with Crippen molar-refractivity contribution in [3.8, 4) is 5.88 Å². The van der Waals surface area contributed by atoms with Crippen LogP contribution in [0, 0.1) is 5.92 Å². The summed E-state index contributed by atoms with van der Waals surface area (Å²) in [5.41, 5.74) is 6.17. The third kappa shape index (κ3) is 9.03. The number of imidazole rings is 1. The summed E-state index contributed by atoms with van der Waals surface area (Å²) in [7, 11) is 0. The van der Waals surface area contributed by atoms with Crippen molar-refractivity contribution in [3.63, 3.8) is 0 Å². The molecular formula is C25H27Cl2F5N6O4. The summed E-state index contributed by atoms with van der Waals surface area (Å²) in [4.78, 5) is 33.9. The van der Waals surface area contributed by atoms with Gasteiger partial charge >= 0.3 is 6.18 Å². The Morgan fingerprint density at radius 2 is 1.86 bits per heavy atom. The van der Waals surface area contributed by atoms with Crippen LogP contribution in [0.2, 0.25) is 10.0 Å². The summed E-state index contributed by atoms with van der Waals surface area (Å²) in [5, 5.41) is 14.6. The van der Waals surface area contributed by atoms with Gasteiger partial charge in [-0.25, -0.2) is 8.78 Å². The number of rotatable bonds is 9. The van der Waals surface area contributed by atoms with Crippen molar-refractivity contribution in [2.24, 2.45) is 11.7 Å². The maximum absolute atomic E-state index is 12.5. The summed E-state index contributed by atoms with van der Waals surface area (Å²) in [6.07, 6.45) is -3.52. The number of halogens is 7. The molecule has 0 radical (unpaired) electrons. The molecule has 1 fully saturated rings. The van der Waals surface area contributed by atoms with Crippen molar-refractivity contribution < 1.29 is 41.4 Å². The number of H-pyrrole nitrogens is 1. The van der Waals surface area contributed by atoms with Crippen molar-refractivity contribution in [1.82, 2.24) is 20.3 Å². The largest absolute Gasteiger partial charge is 0.471 e. The molecule has 10 nitrogen and oxygen atoms in total. The molecule has 0 saturated heterocycles. The van der Waals surface area contributed by atoms with Gasteiger partial charge in [0.1, 0.15) is 12.2 Å². The lowest BCUT2D eigenvalue weighted by molar-refractivity contribution is -0.181. The van der Waals surface area contributed by atoms with Gasteiger partial charge < -0.3 is 31.2 Å². The quantitative estimate of drug-likeness (QED) is 0.194. The van der Waals surface area contributed by atoms with E-state index in [1.54, 1.807) is 12.1 Å². The molecule has 3 aromatic rings. The van der Waals surface area contributed by atoms with Crippen molar-refractivity contribution in [3.05, 3.63) is 39.4 Å². The van der Waals surface area contributed by atoms with E-state index >= 15 is 0 Å². The third-order valence-electron chi connectivity index (χ3n) is 6.15. The molecule has 230 valence electrons. The number of benzene rings is 1. The van der Waals surface area contributed by atoms with Crippen molar-refractivity contribution in [1.29, 1.82) is 0 Å². The van der Waals surface area contributed by atoms with E-state index in [-0.39, 0.29) is 50.8 Å². The minimum absolute atomic E-state index is 0.0402. The molecule has 4 rings (SSSR count). The summed E-state index contributed by atoms with van der Waals surface area (Å²) in [5.74, 6) is -2.75. The molecule has 42 heavy (non-hydrogen) atoms. The second-order valence-corrected chi connectivity index (χ2v) is 9.98. The molecule has 1 aromatic carbocycles. The lowest BCUT2D eigenvalue weighted by Gasteiger charge is -2.23. The second-order valence-electron chi connectivity index (χ2n) is 9.20. The Balaban J connectivity index is 0.000000408. The van der Waals surface area contributed by atoms with Gasteiger partial charge in [0.25, 0.3) is 12.3 Å². The molecule has 17 heteroatoms. The molecule has 0 spiro atoms. The number of amides is 2. The standard InChI is InChI=1S/C18H16Cl2F2N6O4.C7H11F3/c19-9-2-1-7(4-24-12(30)5-29)13(20)14(9)26-18-25-10-3-8(15(23)31)17(27-16(10)28-18)32-6-11(21)22;8-7(9,10)6-4-2-1-3-5-6/h1-3,11,29H,4-6H2,(H2,23,31)(H,24,30)(H2,25,26,27,28);6H,1-5H2. The first-order valence-corrected chi connectivity index (χ1v) is 13.3. The summed E-state index contributed by atoms with van der Waals surface area (Å²) < 4.78 is 65.7. The SMILES string of the molecule is FC(F)(F)C1CCCCC1.NC(=O)c1cc2[nH]c(Nc3c(Cl)ccc(CNC(=O)CO)c3Cl)nc2nc1OCC(F)F. The average Bonchev–Trinajstić information content (AvgIpc) is 3.34. The molecule has 2 heterocycles. The number of aromatic nitrogens is 3. The molecule has 1 aliphatic carbocycles. The van der Waals surface area contributed by atoms with Crippen LogP contribution in [0.1, 0.15) is 48.0 Å². The van der Waals surface area contributed by atoms with Crippen LogP contribution in [0.4, 0.5) is 33.6 Å². The number of aliphatic hydroxyl groups excluding tert-OH is 1. The maximum atomic E-state index is 12.5. The minimum Gasteiger partial charge on any atom is -0.471 e. The van der Waals surface area contributed by atoms with E-state index in [0.717, 1.165) is 19.3 Å². The highest BCUT2D eigenvalue weighted by atomic mass is 35.5. The Bertz CT molecular complexity index is 1400. The van der Waals surface area contributed by atoms with Crippen LogP contribution >= 0.6 is 23.2 Å². The monoisotopic (exact) mass is 640 g/mol. The Morgan fingerprint density at radius 3 is 2.43 bits per heavy atom. The summed E-state index contributed by atoms with van der Waals surface area (Å²) in [6, 6.07) is 4.41. The minimum atomic E-state index is -3.93. The van der Waals surface area contributed by atoms with Gasteiger partial charge in [-0.3, -0.25) is 9.59 Å². The molecule has 1 saturated carbocycles. The fourth-order valence-corrected chi connectivity index (χ4v) is 4.59. The Morgan fingerprint density at radius 1 is 1.17 bits per heavy atom. The first-order valence-electron chi connectivity index (χ1n) is 12.6. The first-order chi connectivity index (χ1) is 19.8. The van der Waals surface area contributed by atoms with Crippen LogP contribution in [0.15, 0.2) is 18.2 Å². The fraction of sp³-hybridized carbons (Fsp3) is 0.440. The molecular weight excluding hydrogens is 614 g/mol. The molecule has 1 aliphatic rings. The summed E-state index contributed by atoms with van der Waals surface area (Å²) in [6.45, 7) is -1.60. The third-order valence-corrected chi connectivity index (χ3v) is 6.90. The zero-order chi connectivity index (χ0) is 31.0. The number of nitrogens with two attached hydrogens (primary N) is 1. The van der Waals surface area contributed by atoms with E-state index in [9.17, 15) is 31.5 Å². The molecule has 2 amide bonds. The predicted octanol–water partition coefficient (Wildman–Crippen LogP) is 5.49. The number of hydrogen-bond acceptors (Lipinski definition) is 7. The van der Waals surface area contributed by atoms with E-state index in [1.165, 1.54) is 6.07 Å². The number of anilines is 2. The highest BCUT2D eigenvalue weighted by Gasteiger charge is 2.39. The van der Waals surface area contributed by atoms with Crippen LogP contribution in [-0.4, -0.2) is 57.7 Å². The predicted molar refractivity (Wildman–Crippen MR) is 145 cm³/mol. The zero-order valence-electron chi connectivity index (χ0n) is 21.8. The van der Waals surface area contributed by atoms with E-state index in [2.05, 4.69) is 25.6 Å². The van der Waals surface area contributed by atoms with Gasteiger partial charge in [0.2, 0.25) is 17.7 Å². The average molecular weight is 641 g/mol. The molecule has 6 N–H and O–H groups in total. The van der Waals surface area contributed by atoms with Crippen LogP contribution in [0.5, 0.6) is 5.88 Å². The van der Waals surface area contributed by atoms with Gasteiger partial charge in [-0.1, -0.05) is 48.5 Å². The highest BCUT2D eigenvalue weighted by molar-refractivity contribution is 6.39. The Kier molecular flexibility index (Phi) is 11.5. The maximum Gasteiger partial charge on any atom is 0.391 e. The van der Waals surface area contributed by atoms with Crippen LogP contribution < -0.4 is 21.1 Å². The van der Waals surface area contributed by atoms with Crippen molar-refractivity contribution in [2.75, 3.05) is 18.5 Å². The molecule has 0 unspecified atom stereocenters. The summed E-state index contributed by atoms with van der Waals surface area (Å²) >= 11 is 12.6. The van der Waals surface area contributed by atoms with E-state index in [4.69, 9.17) is 38.8 Å². The van der Waals surface area contributed by atoms with Gasteiger partial charge in [0.15, 0.2) is 12.3 Å². The number of pyridine rings is 1. The Hall–Kier alpha value is -3.43.